The van der Waals surface area contributed by atoms with Crippen LogP contribution in [-0.4, -0.2) is 75.6 Å². The van der Waals surface area contributed by atoms with Crippen molar-refractivity contribution in [1.82, 2.24) is 9.80 Å². The number of aliphatic carboxylic acids is 1. The van der Waals surface area contributed by atoms with E-state index in [2.05, 4.69) is 0 Å². The van der Waals surface area contributed by atoms with Crippen LogP contribution in [0, 0.1) is 0 Å². The van der Waals surface area contributed by atoms with Gasteiger partial charge in [-0.2, -0.15) is 23.5 Å². The molecule has 96 valence electrons. The van der Waals surface area contributed by atoms with Crippen LogP contribution in [0.2, 0.25) is 0 Å². The molecular weight excluding hydrogens is 260 g/mol. The summed E-state index contributed by atoms with van der Waals surface area (Å²) in [6.45, 7) is 2.02. The Morgan fingerprint density at radius 1 is 1.06 bits per heavy atom. The third-order valence-corrected chi connectivity index (χ3v) is 4.91. The molecular formula is C10H16N2O3S2. The lowest BCUT2D eigenvalue weighted by atomic mass is 10.3. The molecule has 0 aliphatic carbocycles. The third-order valence-electron chi connectivity index (χ3n) is 2.94. The quantitative estimate of drug-likeness (QED) is 0.762. The lowest BCUT2D eigenvalue weighted by Crippen LogP contribution is -2.56. The number of carboxylic acid groups (broad SMARTS) is 1. The van der Waals surface area contributed by atoms with Gasteiger partial charge in [0.05, 0.1) is 0 Å². The van der Waals surface area contributed by atoms with E-state index >= 15 is 0 Å². The average molecular weight is 276 g/mol. The van der Waals surface area contributed by atoms with E-state index in [4.69, 9.17) is 5.11 Å². The minimum atomic E-state index is -0.892. The number of rotatable bonds is 1. The van der Waals surface area contributed by atoms with Gasteiger partial charge in [-0.25, -0.2) is 9.59 Å². The summed E-state index contributed by atoms with van der Waals surface area (Å²) < 4.78 is 0. The molecule has 2 amide bonds. The largest absolute Gasteiger partial charge is 0.480 e. The molecule has 0 bridgehead atoms. The SMILES string of the molecule is O=C(O)C1CSCCN1C(=O)N1CCSCC1. The van der Waals surface area contributed by atoms with E-state index in [0.29, 0.717) is 12.3 Å². The number of carboxylic acids is 1. The van der Waals surface area contributed by atoms with Crippen molar-refractivity contribution in [3.8, 4) is 0 Å². The predicted octanol–water partition coefficient (Wildman–Crippen LogP) is 0.657. The molecule has 0 aromatic carbocycles. The number of nitrogens with zero attached hydrogens (tertiary/aromatic N) is 2. The Bertz CT molecular complexity index is 308. The van der Waals surface area contributed by atoms with Gasteiger partial charge in [-0.15, -0.1) is 0 Å². The molecule has 1 N–H and O–H groups in total. The van der Waals surface area contributed by atoms with Crippen LogP contribution in [0.25, 0.3) is 0 Å². The number of hydrogen-bond donors (Lipinski definition) is 1. The molecule has 1 unspecified atom stereocenters. The van der Waals surface area contributed by atoms with E-state index in [0.717, 1.165) is 30.3 Å². The van der Waals surface area contributed by atoms with Crippen molar-refractivity contribution in [1.29, 1.82) is 0 Å². The summed E-state index contributed by atoms with van der Waals surface area (Å²) in [6.07, 6.45) is 0. The van der Waals surface area contributed by atoms with E-state index in [1.165, 1.54) is 4.90 Å². The van der Waals surface area contributed by atoms with E-state index in [1.807, 2.05) is 11.8 Å². The van der Waals surface area contributed by atoms with Crippen molar-refractivity contribution in [2.24, 2.45) is 0 Å². The molecule has 1 atom stereocenters. The summed E-state index contributed by atoms with van der Waals surface area (Å²) in [4.78, 5) is 26.7. The Labute approximate surface area is 109 Å². The summed E-state index contributed by atoms with van der Waals surface area (Å²) >= 11 is 3.44. The molecule has 2 saturated heterocycles. The maximum Gasteiger partial charge on any atom is 0.327 e. The Kier molecular flexibility index (Phi) is 4.44. The molecule has 2 aliphatic rings. The van der Waals surface area contributed by atoms with Gasteiger partial charge in [0.2, 0.25) is 0 Å². The van der Waals surface area contributed by atoms with Crippen molar-refractivity contribution in [2.75, 3.05) is 42.6 Å². The van der Waals surface area contributed by atoms with Crippen LogP contribution in [0.5, 0.6) is 0 Å². The molecule has 0 saturated carbocycles. The minimum Gasteiger partial charge on any atom is -0.480 e. The Hall–Kier alpha value is -0.560. The number of urea groups is 1. The standard InChI is InChI=1S/C10H16N2O3S2/c13-9(14)8-7-17-6-3-12(8)10(15)11-1-4-16-5-2-11/h8H,1-7H2,(H,13,14). The average Bonchev–Trinajstić information content (AvgIpc) is 2.39. The van der Waals surface area contributed by atoms with Gasteiger partial charge in [-0.1, -0.05) is 0 Å². The van der Waals surface area contributed by atoms with Crippen LogP contribution in [-0.2, 0) is 4.79 Å². The van der Waals surface area contributed by atoms with Crippen LogP contribution < -0.4 is 0 Å². The highest BCUT2D eigenvalue weighted by atomic mass is 32.2. The molecule has 5 nitrogen and oxygen atoms in total. The topological polar surface area (TPSA) is 60.9 Å². The van der Waals surface area contributed by atoms with Crippen LogP contribution in [0.1, 0.15) is 0 Å². The highest BCUT2D eigenvalue weighted by Crippen LogP contribution is 2.20. The van der Waals surface area contributed by atoms with Gasteiger partial charge in [0.1, 0.15) is 6.04 Å². The highest BCUT2D eigenvalue weighted by Gasteiger charge is 2.34. The molecule has 0 aromatic heterocycles. The first-order chi connectivity index (χ1) is 8.20. The van der Waals surface area contributed by atoms with E-state index in [1.54, 1.807) is 16.7 Å². The number of carbonyl (C=O) groups excluding carboxylic acids is 1. The summed E-state index contributed by atoms with van der Waals surface area (Å²) in [5.41, 5.74) is 0. The number of carbonyl (C=O) groups is 2. The molecule has 0 aromatic rings. The third kappa shape index (κ3) is 3.01. The second-order valence-electron chi connectivity index (χ2n) is 4.00. The fraction of sp³-hybridized carbons (Fsp3) is 0.800. The van der Waals surface area contributed by atoms with Crippen LogP contribution in [0.15, 0.2) is 0 Å². The molecule has 2 aliphatic heterocycles. The number of amides is 2. The maximum absolute atomic E-state index is 12.2. The van der Waals surface area contributed by atoms with Crippen molar-refractivity contribution in [3.63, 3.8) is 0 Å². The second-order valence-corrected chi connectivity index (χ2v) is 6.38. The van der Waals surface area contributed by atoms with Crippen molar-refractivity contribution >= 4 is 35.5 Å². The summed E-state index contributed by atoms with van der Waals surface area (Å²) in [5, 5.41) is 9.13. The van der Waals surface area contributed by atoms with E-state index in [-0.39, 0.29) is 6.03 Å². The fourth-order valence-electron chi connectivity index (χ4n) is 1.97. The monoisotopic (exact) mass is 276 g/mol. The Morgan fingerprint density at radius 3 is 2.35 bits per heavy atom. The molecule has 7 heteroatoms. The maximum atomic E-state index is 12.2. The molecule has 2 rings (SSSR count). The number of thioether (sulfide) groups is 2. The fourth-order valence-corrected chi connectivity index (χ4v) is 3.91. The molecule has 17 heavy (non-hydrogen) atoms. The van der Waals surface area contributed by atoms with Gasteiger partial charge in [-0.3, -0.25) is 0 Å². The van der Waals surface area contributed by atoms with Gasteiger partial charge < -0.3 is 14.9 Å². The van der Waals surface area contributed by atoms with Crippen molar-refractivity contribution < 1.29 is 14.7 Å². The first-order valence-corrected chi connectivity index (χ1v) is 7.95. The normalized spacial score (nSPS) is 25.8. The van der Waals surface area contributed by atoms with Crippen molar-refractivity contribution in [2.45, 2.75) is 6.04 Å². The lowest BCUT2D eigenvalue weighted by Gasteiger charge is -2.37. The second kappa shape index (κ2) is 5.86. The summed E-state index contributed by atoms with van der Waals surface area (Å²) in [7, 11) is 0. The van der Waals surface area contributed by atoms with Gasteiger partial charge in [0, 0.05) is 42.6 Å². The van der Waals surface area contributed by atoms with Crippen molar-refractivity contribution in [3.05, 3.63) is 0 Å². The Balaban J connectivity index is 2.02. The zero-order valence-electron chi connectivity index (χ0n) is 9.50. The van der Waals surface area contributed by atoms with Gasteiger partial charge in [-0.05, 0) is 0 Å². The zero-order valence-corrected chi connectivity index (χ0v) is 11.1. The first kappa shape index (κ1) is 12.9. The molecule has 2 heterocycles. The van der Waals surface area contributed by atoms with E-state index in [9.17, 15) is 9.59 Å². The summed E-state index contributed by atoms with van der Waals surface area (Å²) in [5.74, 6) is 2.34. The predicted molar refractivity (Wildman–Crippen MR) is 69.7 cm³/mol. The van der Waals surface area contributed by atoms with Crippen LogP contribution in [0.3, 0.4) is 0 Å². The molecule has 0 spiro atoms. The first-order valence-electron chi connectivity index (χ1n) is 5.64. The van der Waals surface area contributed by atoms with E-state index < -0.39 is 12.0 Å². The number of hydrogen-bond acceptors (Lipinski definition) is 4. The van der Waals surface area contributed by atoms with Crippen LogP contribution in [0.4, 0.5) is 4.79 Å². The molecule has 0 radical (unpaired) electrons. The van der Waals surface area contributed by atoms with Gasteiger partial charge in [0.15, 0.2) is 0 Å². The highest BCUT2D eigenvalue weighted by molar-refractivity contribution is 7.99. The smallest absolute Gasteiger partial charge is 0.327 e. The van der Waals surface area contributed by atoms with Crippen LogP contribution >= 0.6 is 23.5 Å². The van der Waals surface area contributed by atoms with Gasteiger partial charge >= 0.3 is 12.0 Å². The minimum absolute atomic E-state index is 0.0991. The Morgan fingerprint density at radius 2 is 1.71 bits per heavy atom. The van der Waals surface area contributed by atoms with Gasteiger partial charge in [0.25, 0.3) is 0 Å². The lowest BCUT2D eigenvalue weighted by molar-refractivity contribution is -0.141. The molecule has 2 fully saturated rings. The summed E-state index contributed by atoms with van der Waals surface area (Å²) in [6, 6.07) is -0.756. The zero-order chi connectivity index (χ0) is 12.3.